The molecule has 29 heavy (non-hydrogen) atoms. The summed E-state index contributed by atoms with van der Waals surface area (Å²) < 4.78 is 43.2. The van der Waals surface area contributed by atoms with Crippen LogP contribution in [0.15, 0.2) is 53.4 Å². The molecule has 3 N–H and O–H groups in total. The van der Waals surface area contributed by atoms with Gasteiger partial charge in [-0.3, -0.25) is 4.79 Å². The Morgan fingerprint density at radius 1 is 1.14 bits per heavy atom. The van der Waals surface area contributed by atoms with Crippen LogP contribution in [0, 0.1) is 5.82 Å². The molecule has 3 aromatic rings. The summed E-state index contributed by atoms with van der Waals surface area (Å²) in [7, 11) is -3.72. The van der Waals surface area contributed by atoms with Crippen LogP contribution in [0.25, 0.3) is 0 Å². The number of carbonyl (C=O) groups excluding carboxylic acids is 1. The van der Waals surface area contributed by atoms with Crippen molar-refractivity contribution in [1.29, 1.82) is 0 Å². The van der Waals surface area contributed by atoms with Crippen molar-refractivity contribution in [3.63, 3.8) is 0 Å². The number of hydrogen-bond acceptors (Lipinski definition) is 7. The van der Waals surface area contributed by atoms with Crippen molar-refractivity contribution >= 4 is 43.3 Å². The molecule has 0 aliphatic carbocycles. The Labute approximate surface area is 172 Å². The molecule has 1 heterocycles. The summed E-state index contributed by atoms with van der Waals surface area (Å²) in [5.41, 5.74) is 6.75. The largest absolute Gasteiger partial charge is 0.494 e. The number of ether oxygens (including phenoxy) is 1. The van der Waals surface area contributed by atoms with E-state index in [4.69, 9.17) is 10.5 Å². The zero-order chi connectivity index (χ0) is 21.2. The molecule has 0 unspecified atom stereocenters. The molecule has 152 valence electrons. The van der Waals surface area contributed by atoms with E-state index in [0.717, 1.165) is 29.7 Å². The van der Waals surface area contributed by atoms with Gasteiger partial charge in [-0.25, -0.2) is 12.8 Å². The van der Waals surface area contributed by atoms with Crippen molar-refractivity contribution in [3.05, 3.63) is 64.8 Å². The fourth-order valence-electron chi connectivity index (χ4n) is 2.71. The van der Waals surface area contributed by atoms with Gasteiger partial charge in [0.2, 0.25) is 5.78 Å². The van der Waals surface area contributed by atoms with Gasteiger partial charge in [0.05, 0.1) is 12.3 Å². The summed E-state index contributed by atoms with van der Waals surface area (Å²) in [6.07, 6.45) is 1.03. The number of hydrogen-bond donors (Lipinski definition) is 2. The van der Waals surface area contributed by atoms with E-state index >= 15 is 0 Å². The summed E-state index contributed by atoms with van der Waals surface area (Å²) in [5.74, 6) is -0.271. The number of halogens is 1. The van der Waals surface area contributed by atoms with Crippen molar-refractivity contribution < 1.29 is 22.3 Å². The molecule has 1 aromatic heterocycles. The SMILES string of the molecule is CCOc1ccc(Nc2sc(C(=O)c3ccc(F)cc3)c(N)c2S(C)(=O)=O)cc1. The third-order valence-corrected chi connectivity index (χ3v) is 6.42. The fraction of sp³-hybridized carbons (Fsp3) is 0.150. The summed E-state index contributed by atoms with van der Waals surface area (Å²) in [6, 6.07) is 11.9. The van der Waals surface area contributed by atoms with E-state index in [9.17, 15) is 17.6 Å². The number of sulfone groups is 1. The number of ketones is 1. The highest BCUT2D eigenvalue weighted by Crippen LogP contribution is 2.41. The van der Waals surface area contributed by atoms with E-state index in [1.54, 1.807) is 24.3 Å². The minimum atomic E-state index is -3.72. The fourth-order valence-corrected chi connectivity index (χ4v) is 5.24. The quantitative estimate of drug-likeness (QED) is 0.540. The lowest BCUT2D eigenvalue weighted by atomic mass is 10.1. The second-order valence-electron chi connectivity index (χ2n) is 6.19. The molecule has 2 aromatic carbocycles. The lowest BCUT2D eigenvalue weighted by Crippen LogP contribution is -2.06. The van der Waals surface area contributed by atoms with E-state index in [0.29, 0.717) is 18.0 Å². The number of nitrogens with two attached hydrogens (primary N) is 1. The molecule has 0 fully saturated rings. The van der Waals surface area contributed by atoms with E-state index < -0.39 is 21.4 Å². The van der Waals surface area contributed by atoms with Crippen LogP contribution in [0.1, 0.15) is 22.2 Å². The number of anilines is 3. The molecular weight excluding hydrogens is 415 g/mol. The topological polar surface area (TPSA) is 98.5 Å². The van der Waals surface area contributed by atoms with Gasteiger partial charge >= 0.3 is 0 Å². The van der Waals surface area contributed by atoms with Crippen LogP contribution in [-0.4, -0.2) is 27.1 Å². The Balaban J connectivity index is 2.01. The molecule has 9 heteroatoms. The van der Waals surface area contributed by atoms with Crippen LogP contribution >= 0.6 is 11.3 Å². The summed E-state index contributed by atoms with van der Waals surface area (Å²) >= 11 is 0.940. The Bertz CT molecular complexity index is 1140. The van der Waals surface area contributed by atoms with E-state index in [2.05, 4.69) is 5.32 Å². The maximum absolute atomic E-state index is 13.1. The molecular formula is C20H19FN2O4S2. The molecule has 3 rings (SSSR count). The van der Waals surface area contributed by atoms with Gasteiger partial charge in [0, 0.05) is 17.5 Å². The van der Waals surface area contributed by atoms with Gasteiger partial charge < -0.3 is 15.8 Å². The average molecular weight is 435 g/mol. The lowest BCUT2D eigenvalue weighted by Gasteiger charge is -2.08. The number of nitrogens with one attached hydrogen (secondary N) is 1. The van der Waals surface area contributed by atoms with Gasteiger partial charge in [-0.05, 0) is 55.5 Å². The molecule has 0 saturated heterocycles. The standard InChI is InChI=1S/C20H19FN2O4S2/c1-3-27-15-10-8-14(9-11-15)23-20-19(29(2,25)26)16(22)18(28-20)17(24)12-4-6-13(21)7-5-12/h4-11,23H,3,22H2,1-2H3. The Morgan fingerprint density at radius 3 is 2.31 bits per heavy atom. The van der Waals surface area contributed by atoms with Crippen LogP contribution in [0.5, 0.6) is 5.75 Å². The van der Waals surface area contributed by atoms with Gasteiger partial charge in [-0.2, -0.15) is 0 Å². The first kappa shape index (κ1) is 20.8. The second kappa shape index (κ2) is 8.22. The van der Waals surface area contributed by atoms with Gasteiger partial charge in [0.25, 0.3) is 0 Å². The smallest absolute Gasteiger partial charge is 0.205 e. The predicted molar refractivity (Wildman–Crippen MR) is 113 cm³/mol. The number of rotatable bonds is 7. The molecule has 0 spiro atoms. The van der Waals surface area contributed by atoms with Crippen molar-refractivity contribution in [2.75, 3.05) is 23.9 Å². The molecule has 0 saturated carbocycles. The first-order valence-electron chi connectivity index (χ1n) is 8.63. The van der Waals surface area contributed by atoms with Gasteiger partial charge in [0.1, 0.15) is 26.3 Å². The van der Waals surface area contributed by atoms with Crippen molar-refractivity contribution in [2.45, 2.75) is 11.8 Å². The second-order valence-corrected chi connectivity index (χ2v) is 9.17. The zero-order valence-corrected chi connectivity index (χ0v) is 17.4. The molecule has 0 amide bonds. The van der Waals surface area contributed by atoms with Gasteiger partial charge in [-0.1, -0.05) is 0 Å². The van der Waals surface area contributed by atoms with Crippen molar-refractivity contribution in [2.24, 2.45) is 0 Å². The Hall–Kier alpha value is -2.91. The summed E-state index contributed by atoms with van der Waals surface area (Å²) in [5, 5.41) is 3.25. The molecule has 0 aliphatic heterocycles. The van der Waals surface area contributed by atoms with Crippen molar-refractivity contribution in [3.8, 4) is 5.75 Å². The van der Waals surface area contributed by atoms with E-state index in [1.165, 1.54) is 12.1 Å². The highest BCUT2D eigenvalue weighted by molar-refractivity contribution is 7.91. The van der Waals surface area contributed by atoms with E-state index in [-0.39, 0.29) is 26.0 Å². The van der Waals surface area contributed by atoms with Crippen LogP contribution in [0.4, 0.5) is 20.8 Å². The Kier molecular flexibility index (Phi) is 5.90. The highest BCUT2D eigenvalue weighted by atomic mass is 32.2. The normalized spacial score (nSPS) is 11.3. The van der Waals surface area contributed by atoms with Crippen LogP contribution in [-0.2, 0) is 9.84 Å². The van der Waals surface area contributed by atoms with Crippen LogP contribution < -0.4 is 15.8 Å². The summed E-state index contributed by atoms with van der Waals surface area (Å²) in [4.78, 5) is 12.7. The predicted octanol–water partition coefficient (Wildman–Crippen LogP) is 4.25. The average Bonchev–Trinajstić information content (AvgIpc) is 3.00. The van der Waals surface area contributed by atoms with E-state index in [1.807, 2.05) is 6.92 Å². The number of carbonyl (C=O) groups is 1. The third-order valence-electron chi connectivity index (χ3n) is 4.01. The third kappa shape index (κ3) is 4.57. The lowest BCUT2D eigenvalue weighted by molar-refractivity contribution is 0.104. The zero-order valence-electron chi connectivity index (χ0n) is 15.7. The number of benzene rings is 2. The number of thiophene rings is 1. The monoisotopic (exact) mass is 434 g/mol. The first-order valence-corrected chi connectivity index (χ1v) is 11.3. The maximum Gasteiger partial charge on any atom is 0.205 e. The Morgan fingerprint density at radius 2 is 1.76 bits per heavy atom. The number of nitrogen functional groups attached to an aromatic ring is 1. The van der Waals surface area contributed by atoms with Crippen molar-refractivity contribution in [1.82, 2.24) is 0 Å². The molecule has 6 nitrogen and oxygen atoms in total. The first-order chi connectivity index (χ1) is 13.7. The molecule has 0 radical (unpaired) electrons. The molecule has 0 aliphatic rings. The van der Waals surface area contributed by atoms with Crippen LogP contribution in [0.2, 0.25) is 0 Å². The summed E-state index contributed by atoms with van der Waals surface area (Å²) in [6.45, 7) is 2.40. The maximum atomic E-state index is 13.1. The minimum Gasteiger partial charge on any atom is -0.494 e. The highest BCUT2D eigenvalue weighted by Gasteiger charge is 2.27. The molecule has 0 atom stereocenters. The minimum absolute atomic E-state index is 0.0745. The molecule has 0 bridgehead atoms. The van der Waals surface area contributed by atoms with Gasteiger partial charge in [-0.15, -0.1) is 11.3 Å². The van der Waals surface area contributed by atoms with Crippen LogP contribution in [0.3, 0.4) is 0 Å². The van der Waals surface area contributed by atoms with Gasteiger partial charge in [0.15, 0.2) is 9.84 Å².